The van der Waals surface area contributed by atoms with Crippen molar-refractivity contribution in [2.45, 2.75) is 27.7 Å². The number of nitrogens with one attached hydrogen (secondary N) is 2. The van der Waals surface area contributed by atoms with Gasteiger partial charge in [-0.2, -0.15) is 0 Å². The first-order valence-electron chi connectivity index (χ1n) is 9.50. The molecule has 0 unspecified atom stereocenters. The lowest BCUT2D eigenvalue weighted by molar-refractivity contribution is -0.126. The number of hydrogen-bond acceptors (Lipinski definition) is 5. The second-order valence-corrected chi connectivity index (χ2v) is 7.27. The maximum atomic E-state index is 12.1. The number of amides is 2. The van der Waals surface area contributed by atoms with Crippen molar-refractivity contribution in [2.24, 2.45) is 0 Å². The first-order valence-corrected chi connectivity index (χ1v) is 9.50. The van der Waals surface area contributed by atoms with E-state index in [4.69, 9.17) is 4.74 Å². The van der Waals surface area contributed by atoms with Crippen molar-refractivity contribution in [3.63, 3.8) is 0 Å². The van der Waals surface area contributed by atoms with Crippen LogP contribution < -0.4 is 10.6 Å². The van der Waals surface area contributed by atoms with E-state index >= 15 is 0 Å². The second-order valence-electron chi connectivity index (χ2n) is 7.27. The van der Waals surface area contributed by atoms with E-state index in [2.05, 4.69) is 15.6 Å². The number of carbonyl (C=O) groups is 3. The Kier molecular flexibility index (Phi) is 6.15. The first-order chi connectivity index (χ1) is 14.2. The van der Waals surface area contributed by atoms with Crippen LogP contribution >= 0.6 is 0 Å². The fourth-order valence-electron chi connectivity index (χ4n) is 3.18. The molecule has 30 heavy (non-hydrogen) atoms. The van der Waals surface area contributed by atoms with Crippen molar-refractivity contribution in [3.8, 4) is 0 Å². The predicted molar refractivity (Wildman–Crippen MR) is 113 cm³/mol. The number of rotatable bonds is 6. The molecule has 0 radical (unpaired) electrons. The van der Waals surface area contributed by atoms with E-state index in [9.17, 15) is 14.4 Å². The number of imidazole rings is 1. The van der Waals surface area contributed by atoms with Crippen LogP contribution in [0.2, 0.25) is 0 Å². The third-order valence-corrected chi connectivity index (χ3v) is 4.55. The fourth-order valence-corrected chi connectivity index (χ4v) is 3.18. The maximum absolute atomic E-state index is 12.1. The first kappa shape index (κ1) is 21.0. The molecule has 3 aromatic rings. The number of fused-ring (bicyclic) bond motifs is 1. The van der Waals surface area contributed by atoms with Gasteiger partial charge in [0, 0.05) is 18.1 Å². The Labute approximate surface area is 174 Å². The Morgan fingerprint density at radius 3 is 2.40 bits per heavy atom. The summed E-state index contributed by atoms with van der Waals surface area (Å²) >= 11 is 0. The molecule has 1 aromatic carbocycles. The summed E-state index contributed by atoms with van der Waals surface area (Å²) in [4.78, 5) is 40.4. The molecule has 0 fully saturated rings. The summed E-state index contributed by atoms with van der Waals surface area (Å²) in [5.41, 5.74) is 5.47. The zero-order chi connectivity index (χ0) is 21.8. The van der Waals surface area contributed by atoms with Gasteiger partial charge in [0.05, 0.1) is 6.54 Å². The molecule has 0 bridgehead atoms. The van der Waals surface area contributed by atoms with E-state index in [1.54, 1.807) is 10.6 Å². The highest BCUT2D eigenvalue weighted by Gasteiger charge is 2.15. The molecule has 156 valence electrons. The van der Waals surface area contributed by atoms with Gasteiger partial charge in [-0.25, -0.2) is 9.78 Å². The van der Waals surface area contributed by atoms with Gasteiger partial charge in [0.2, 0.25) is 5.91 Å². The van der Waals surface area contributed by atoms with Crippen LogP contribution in [-0.2, 0) is 14.3 Å². The van der Waals surface area contributed by atoms with Crippen LogP contribution in [0.25, 0.3) is 5.65 Å². The van der Waals surface area contributed by atoms with Gasteiger partial charge in [-0.15, -0.1) is 0 Å². The number of pyridine rings is 1. The minimum atomic E-state index is -0.707. The van der Waals surface area contributed by atoms with E-state index in [0.717, 1.165) is 27.9 Å². The third kappa shape index (κ3) is 5.02. The number of aryl methyl sites for hydroxylation is 4. The fraction of sp³-hybridized carbons (Fsp3) is 0.273. The summed E-state index contributed by atoms with van der Waals surface area (Å²) in [6.07, 6.45) is 3.33. The Morgan fingerprint density at radius 2 is 1.70 bits per heavy atom. The van der Waals surface area contributed by atoms with Gasteiger partial charge < -0.3 is 19.8 Å². The van der Waals surface area contributed by atoms with E-state index in [0.29, 0.717) is 5.65 Å². The number of nitrogens with zero attached hydrogens (tertiary/aromatic N) is 2. The quantitative estimate of drug-likeness (QED) is 0.610. The molecule has 0 spiro atoms. The van der Waals surface area contributed by atoms with Crippen molar-refractivity contribution >= 4 is 29.1 Å². The summed E-state index contributed by atoms with van der Waals surface area (Å²) in [5, 5.41) is 5.24. The number of carbonyl (C=O) groups excluding carboxylic acids is 3. The van der Waals surface area contributed by atoms with Crippen LogP contribution in [-0.4, -0.2) is 40.3 Å². The minimum absolute atomic E-state index is 0.108. The van der Waals surface area contributed by atoms with E-state index in [1.165, 1.54) is 6.20 Å². The number of hydrogen-bond donors (Lipinski definition) is 2. The average molecular weight is 408 g/mol. The molecule has 0 saturated carbocycles. The molecule has 8 nitrogen and oxygen atoms in total. The molecule has 8 heteroatoms. The van der Waals surface area contributed by atoms with Crippen molar-refractivity contribution in [2.75, 3.05) is 18.5 Å². The Balaban J connectivity index is 1.48. The molecular formula is C22H24N4O4. The Bertz CT molecular complexity index is 1110. The van der Waals surface area contributed by atoms with Crippen LogP contribution in [0, 0.1) is 27.7 Å². The van der Waals surface area contributed by atoms with E-state index < -0.39 is 18.5 Å². The minimum Gasteiger partial charge on any atom is -0.451 e. The van der Waals surface area contributed by atoms with Crippen LogP contribution in [0.5, 0.6) is 0 Å². The molecule has 0 atom stereocenters. The van der Waals surface area contributed by atoms with Gasteiger partial charge in [-0.05, 0) is 56.5 Å². The molecular weight excluding hydrogens is 384 g/mol. The zero-order valence-electron chi connectivity index (χ0n) is 17.4. The number of esters is 1. The van der Waals surface area contributed by atoms with E-state index in [1.807, 2.05) is 52.0 Å². The largest absolute Gasteiger partial charge is 0.451 e. The normalized spacial score (nSPS) is 10.7. The number of ether oxygens (including phenoxy) is 1. The highest BCUT2D eigenvalue weighted by atomic mass is 16.5. The molecule has 0 aliphatic heterocycles. The maximum Gasteiger partial charge on any atom is 0.359 e. The third-order valence-electron chi connectivity index (χ3n) is 4.55. The highest BCUT2D eigenvalue weighted by Crippen LogP contribution is 2.21. The standard InChI is InChI=1S/C22H24N4O4/c1-13-5-6-26-11-17(24-18(26)9-13)22(29)30-12-20(28)23-10-19(27)25-21-15(3)7-14(2)8-16(21)4/h5-9,11H,10,12H2,1-4H3,(H,23,28)(H,25,27). The molecule has 2 heterocycles. The SMILES string of the molecule is Cc1cc(C)c(NC(=O)CNC(=O)COC(=O)c2cn3ccc(C)cc3n2)c(C)c1. The summed E-state index contributed by atoms with van der Waals surface area (Å²) < 4.78 is 6.69. The van der Waals surface area contributed by atoms with E-state index in [-0.39, 0.29) is 18.1 Å². The molecule has 2 aromatic heterocycles. The van der Waals surface area contributed by atoms with Gasteiger partial charge in [-0.1, -0.05) is 17.7 Å². The smallest absolute Gasteiger partial charge is 0.359 e. The lowest BCUT2D eigenvalue weighted by Crippen LogP contribution is -2.35. The summed E-state index contributed by atoms with van der Waals surface area (Å²) in [6.45, 7) is 7.01. The van der Waals surface area contributed by atoms with Gasteiger partial charge >= 0.3 is 5.97 Å². The molecule has 0 saturated heterocycles. The summed E-state index contributed by atoms with van der Waals surface area (Å²) in [7, 11) is 0. The highest BCUT2D eigenvalue weighted by molar-refractivity contribution is 5.96. The summed E-state index contributed by atoms with van der Waals surface area (Å²) in [5.74, 6) is -1.64. The lowest BCUT2D eigenvalue weighted by atomic mass is 10.1. The molecule has 0 aliphatic rings. The topological polar surface area (TPSA) is 102 Å². The lowest BCUT2D eigenvalue weighted by Gasteiger charge is -2.13. The van der Waals surface area contributed by atoms with Crippen molar-refractivity contribution < 1.29 is 19.1 Å². The monoisotopic (exact) mass is 408 g/mol. The molecule has 2 N–H and O–H groups in total. The molecule has 3 rings (SSSR count). The molecule has 2 amide bonds. The number of benzene rings is 1. The van der Waals surface area contributed by atoms with Gasteiger partial charge in [0.1, 0.15) is 5.65 Å². The Morgan fingerprint density at radius 1 is 1.00 bits per heavy atom. The van der Waals surface area contributed by atoms with Crippen LogP contribution in [0.3, 0.4) is 0 Å². The van der Waals surface area contributed by atoms with Gasteiger partial charge in [0.15, 0.2) is 12.3 Å². The Hall–Kier alpha value is -3.68. The second kappa shape index (κ2) is 8.77. The summed E-state index contributed by atoms with van der Waals surface area (Å²) in [6, 6.07) is 7.67. The number of aromatic nitrogens is 2. The van der Waals surface area contributed by atoms with Crippen LogP contribution in [0.15, 0.2) is 36.7 Å². The molecule has 0 aliphatic carbocycles. The van der Waals surface area contributed by atoms with Gasteiger partial charge in [-0.3, -0.25) is 9.59 Å². The van der Waals surface area contributed by atoms with Crippen LogP contribution in [0.1, 0.15) is 32.7 Å². The van der Waals surface area contributed by atoms with Crippen LogP contribution in [0.4, 0.5) is 5.69 Å². The van der Waals surface area contributed by atoms with Crippen molar-refractivity contribution in [1.82, 2.24) is 14.7 Å². The van der Waals surface area contributed by atoms with Gasteiger partial charge in [0.25, 0.3) is 5.91 Å². The number of anilines is 1. The van der Waals surface area contributed by atoms with Crippen molar-refractivity contribution in [1.29, 1.82) is 0 Å². The zero-order valence-corrected chi connectivity index (χ0v) is 17.4. The average Bonchev–Trinajstić information content (AvgIpc) is 3.10. The van der Waals surface area contributed by atoms with Crippen molar-refractivity contribution in [3.05, 3.63) is 64.6 Å². The predicted octanol–water partition coefficient (Wildman–Crippen LogP) is 2.48.